The van der Waals surface area contributed by atoms with Gasteiger partial charge in [-0.05, 0) is 126 Å². The summed E-state index contributed by atoms with van der Waals surface area (Å²) in [6.07, 6.45) is -0.355. The molecule has 0 fully saturated rings. The highest BCUT2D eigenvalue weighted by Crippen LogP contribution is 2.43. The summed E-state index contributed by atoms with van der Waals surface area (Å²) in [7, 11) is 0. The number of rotatable bonds is 6. The fourth-order valence-electron chi connectivity index (χ4n) is 10.3. The highest BCUT2D eigenvalue weighted by molar-refractivity contribution is 7.25. The van der Waals surface area contributed by atoms with Crippen LogP contribution in [0.5, 0.6) is 0 Å². The van der Waals surface area contributed by atoms with Gasteiger partial charge in [-0.25, -0.2) is 9.98 Å². The average molecular weight is 886 g/mol. The average Bonchev–Trinajstić information content (AvgIpc) is 3.99. The van der Waals surface area contributed by atoms with Crippen LogP contribution in [0.15, 0.2) is 239 Å². The van der Waals surface area contributed by atoms with E-state index in [1.165, 1.54) is 53.0 Å². The van der Waals surface area contributed by atoms with E-state index in [9.17, 15) is 0 Å². The van der Waals surface area contributed by atoms with Crippen molar-refractivity contribution in [3.05, 3.63) is 241 Å². The minimum absolute atomic E-state index is 0.355. The van der Waals surface area contributed by atoms with Crippen LogP contribution in [-0.4, -0.2) is 11.7 Å². The number of benzene rings is 11. The zero-order valence-electron chi connectivity index (χ0n) is 36.7. The molecule has 68 heavy (non-hydrogen) atoms. The Labute approximate surface area is 395 Å². The molecule has 0 bridgehead atoms. The highest BCUT2D eigenvalue weighted by atomic mass is 32.1. The van der Waals surface area contributed by atoms with Gasteiger partial charge in [0.15, 0.2) is 5.84 Å². The van der Waals surface area contributed by atoms with Crippen LogP contribution >= 0.6 is 11.3 Å². The van der Waals surface area contributed by atoms with Gasteiger partial charge in [-0.1, -0.05) is 170 Å². The van der Waals surface area contributed by atoms with E-state index < -0.39 is 0 Å². The summed E-state index contributed by atoms with van der Waals surface area (Å²) in [5.74, 6) is 1.49. The number of hydrogen-bond acceptors (Lipinski definition) is 5. The molecule has 1 unspecified atom stereocenters. The molecule has 0 radical (unpaired) electrons. The lowest BCUT2D eigenvalue weighted by Gasteiger charge is -2.24. The van der Waals surface area contributed by atoms with E-state index in [1.54, 1.807) is 0 Å². The molecule has 1 N–H and O–H groups in total. The Bertz CT molecular complexity index is 4250. The summed E-state index contributed by atoms with van der Waals surface area (Å²) in [5.41, 5.74) is 11.9. The Morgan fingerprint density at radius 3 is 1.79 bits per heavy atom. The van der Waals surface area contributed by atoms with Gasteiger partial charge < -0.3 is 9.73 Å². The first-order chi connectivity index (χ1) is 33.6. The molecule has 5 heteroatoms. The molecule has 0 saturated carbocycles. The van der Waals surface area contributed by atoms with E-state index in [0.717, 1.165) is 77.3 Å². The van der Waals surface area contributed by atoms with Gasteiger partial charge >= 0.3 is 0 Å². The lowest BCUT2D eigenvalue weighted by molar-refractivity contribution is 0.669. The Balaban J connectivity index is 0.824. The Kier molecular flexibility index (Phi) is 8.79. The number of amidine groups is 2. The molecule has 3 heterocycles. The van der Waals surface area contributed by atoms with Crippen molar-refractivity contribution in [3.63, 3.8) is 0 Å². The summed E-state index contributed by atoms with van der Waals surface area (Å²) in [6, 6.07) is 80.7. The number of nitrogens with one attached hydrogen (secondary N) is 1. The third kappa shape index (κ3) is 6.51. The monoisotopic (exact) mass is 885 g/mol. The first kappa shape index (κ1) is 38.6. The predicted molar refractivity (Wildman–Crippen MR) is 287 cm³/mol. The van der Waals surface area contributed by atoms with Crippen molar-refractivity contribution < 1.29 is 4.42 Å². The number of thiophene rings is 1. The van der Waals surface area contributed by atoms with Gasteiger partial charge in [-0.3, -0.25) is 0 Å². The minimum Gasteiger partial charge on any atom is -0.456 e. The van der Waals surface area contributed by atoms with Crippen molar-refractivity contribution in [2.45, 2.75) is 6.17 Å². The van der Waals surface area contributed by atoms with Gasteiger partial charge in [0.2, 0.25) is 0 Å². The Morgan fingerprint density at radius 1 is 0.382 bits per heavy atom. The first-order valence-corrected chi connectivity index (χ1v) is 23.9. The van der Waals surface area contributed by atoms with Crippen molar-refractivity contribution in [3.8, 4) is 33.4 Å². The maximum atomic E-state index is 6.53. The molecular weight excluding hydrogens is 847 g/mol. The van der Waals surface area contributed by atoms with Gasteiger partial charge in [0.05, 0.1) is 0 Å². The van der Waals surface area contributed by atoms with Crippen LogP contribution in [0, 0.1) is 0 Å². The third-order valence-corrected chi connectivity index (χ3v) is 14.8. The van der Waals surface area contributed by atoms with Crippen molar-refractivity contribution in [1.82, 2.24) is 5.32 Å². The van der Waals surface area contributed by atoms with E-state index >= 15 is 0 Å². The lowest BCUT2D eigenvalue weighted by atomic mass is 9.94. The van der Waals surface area contributed by atoms with Crippen LogP contribution in [0.4, 0.5) is 0 Å². The minimum atomic E-state index is -0.355. The molecule has 0 saturated heterocycles. The maximum absolute atomic E-state index is 6.53. The smallest absolute Gasteiger partial charge is 0.159 e. The molecule has 0 aliphatic carbocycles. The van der Waals surface area contributed by atoms with Crippen molar-refractivity contribution in [2.24, 2.45) is 9.98 Å². The largest absolute Gasteiger partial charge is 0.456 e. The summed E-state index contributed by atoms with van der Waals surface area (Å²) in [5, 5.41) is 15.7. The lowest BCUT2D eigenvalue weighted by Crippen LogP contribution is -2.33. The van der Waals surface area contributed by atoms with Gasteiger partial charge in [0.1, 0.15) is 23.2 Å². The summed E-state index contributed by atoms with van der Waals surface area (Å²) >= 11 is 1.85. The molecule has 4 nitrogen and oxygen atoms in total. The van der Waals surface area contributed by atoms with Crippen molar-refractivity contribution in [1.29, 1.82) is 0 Å². The molecule has 14 rings (SSSR count). The van der Waals surface area contributed by atoms with E-state index in [4.69, 9.17) is 14.4 Å². The SMILES string of the molecule is c1ccc2cc(C3=NC(c4ccc5cc(-c6cccc7oc8ccc(-c9cccc%10sc%11ccccc%11c9%10)cc8c67)ccc5c4)NC(c4ccc(-c5ccc6ccccc6c5)cc4)=N3)ccc2c1. The Morgan fingerprint density at radius 2 is 0.956 bits per heavy atom. The number of furan rings is 1. The first-order valence-electron chi connectivity index (χ1n) is 23.1. The molecular formula is C63H39N3OS. The van der Waals surface area contributed by atoms with Crippen LogP contribution in [0.25, 0.3) is 108 Å². The Hall–Kier alpha value is -8.64. The standard InChI is InChI=1S/C63H39N3OS/c1-3-11-42-33-44(25-21-38(42)9-1)40-19-23-41(24-20-40)61-64-62(49-29-22-39-10-2-4-12-43(39)35-49)66-63(65-61)50-30-27-45-34-47(28-26-46(45)36-50)51-14-7-16-56-59(51)54-37-48(31-32-55(54)67-56)52-15-8-18-58-60(52)53-13-5-6-17-57(53)68-58/h1-37,63H,(H,64,65,66). The molecule has 1 atom stereocenters. The molecule has 2 aromatic heterocycles. The number of nitrogens with zero attached hydrogens (tertiary/aromatic N) is 2. The second-order valence-corrected chi connectivity index (χ2v) is 18.8. The summed E-state index contributed by atoms with van der Waals surface area (Å²) in [4.78, 5) is 10.5. The van der Waals surface area contributed by atoms with Crippen LogP contribution in [0.1, 0.15) is 22.9 Å². The predicted octanol–water partition coefficient (Wildman–Crippen LogP) is 16.9. The zero-order valence-corrected chi connectivity index (χ0v) is 37.5. The zero-order chi connectivity index (χ0) is 44.7. The molecule has 0 spiro atoms. The van der Waals surface area contributed by atoms with Crippen molar-refractivity contribution in [2.75, 3.05) is 0 Å². The number of hydrogen-bond donors (Lipinski definition) is 1. The van der Waals surface area contributed by atoms with Gasteiger partial charge in [0.25, 0.3) is 0 Å². The summed E-state index contributed by atoms with van der Waals surface area (Å²) < 4.78 is 9.14. The normalized spacial score (nSPS) is 14.0. The second kappa shape index (κ2) is 15.5. The van der Waals surface area contributed by atoms with E-state index in [0.29, 0.717) is 5.84 Å². The fourth-order valence-corrected chi connectivity index (χ4v) is 11.4. The van der Waals surface area contributed by atoms with Crippen LogP contribution in [0.3, 0.4) is 0 Å². The quantitative estimate of drug-likeness (QED) is 0.181. The third-order valence-electron chi connectivity index (χ3n) is 13.7. The van der Waals surface area contributed by atoms with Gasteiger partial charge in [-0.2, -0.15) is 0 Å². The van der Waals surface area contributed by atoms with Crippen molar-refractivity contribution >= 4 is 97.4 Å². The van der Waals surface area contributed by atoms with Crippen LogP contribution in [0.2, 0.25) is 0 Å². The molecule has 1 aliphatic heterocycles. The van der Waals surface area contributed by atoms with Gasteiger partial charge in [0, 0.05) is 42.1 Å². The second-order valence-electron chi connectivity index (χ2n) is 17.8. The molecule has 318 valence electrons. The number of aliphatic imine (C=N–C) groups is 2. The fraction of sp³-hybridized carbons (Fsp3) is 0.0159. The number of fused-ring (bicyclic) bond motifs is 9. The maximum Gasteiger partial charge on any atom is 0.159 e. The molecule has 1 aliphatic rings. The van der Waals surface area contributed by atoms with E-state index in [-0.39, 0.29) is 6.17 Å². The molecule has 13 aromatic rings. The van der Waals surface area contributed by atoms with E-state index in [1.807, 2.05) is 11.3 Å². The molecule has 0 amide bonds. The highest BCUT2D eigenvalue weighted by Gasteiger charge is 2.23. The van der Waals surface area contributed by atoms with E-state index in [2.05, 4.69) is 230 Å². The molecule has 11 aromatic carbocycles. The van der Waals surface area contributed by atoms with Crippen LogP contribution in [-0.2, 0) is 0 Å². The van der Waals surface area contributed by atoms with Gasteiger partial charge in [-0.15, -0.1) is 11.3 Å². The topological polar surface area (TPSA) is 49.9 Å². The van der Waals surface area contributed by atoms with Crippen LogP contribution < -0.4 is 5.32 Å². The summed E-state index contributed by atoms with van der Waals surface area (Å²) in [6.45, 7) is 0.